The number of anilines is 1. The summed E-state index contributed by atoms with van der Waals surface area (Å²) >= 11 is 0. The van der Waals surface area contributed by atoms with Gasteiger partial charge in [-0.3, -0.25) is 4.79 Å². The van der Waals surface area contributed by atoms with Crippen molar-refractivity contribution in [3.63, 3.8) is 0 Å². The van der Waals surface area contributed by atoms with Crippen LogP contribution in [0.5, 0.6) is 0 Å². The van der Waals surface area contributed by atoms with Crippen molar-refractivity contribution in [3.8, 4) is 0 Å². The molecule has 2 rings (SSSR count). The lowest BCUT2D eigenvalue weighted by atomic mass is 10.1. The molecule has 0 saturated carbocycles. The topological polar surface area (TPSA) is 55.1 Å². The fourth-order valence-corrected chi connectivity index (χ4v) is 2.02. The van der Waals surface area contributed by atoms with E-state index in [4.69, 9.17) is 5.73 Å². The Labute approximate surface area is 113 Å². The van der Waals surface area contributed by atoms with Crippen LogP contribution < -0.4 is 11.1 Å². The van der Waals surface area contributed by atoms with Crippen molar-refractivity contribution in [1.82, 2.24) is 0 Å². The molecular weight excluding hydrogens is 236 g/mol. The Kier molecular flexibility index (Phi) is 4.56. The molecule has 0 atom stereocenters. The molecule has 3 nitrogen and oxygen atoms in total. The SMILES string of the molecule is NC(=O)Cc1ccccc1NCCc1ccccc1. The van der Waals surface area contributed by atoms with E-state index in [1.165, 1.54) is 5.56 Å². The Balaban J connectivity index is 1.94. The highest BCUT2D eigenvalue weighted by atomic mass is 16.1. The van der Waals surface area contributed by atoms with Crippen molar-refractivity contribution < 1.29 is 4.79 Å². The van der Waals surface area contributed by atoms with Crippen LogP contribution in [0.15, 0.2) is 54.6 Å². The van der Waals surface area contributed by atoms with Gasteiger partial charge in [0, 0.05) is 12.2 Å². The normalized spacial score (nSPS) is 10.1. The molecule has 3 N–H and O–H groups in total. The van der Waals surface area contributed by atoms with Crippen LogP contribution >= 0.6 is 0 Å². The zero-order chi connectivity index (χ0) is 13.5. The molecule has 0 aromatic heterocycles. The van der Waals surface area contributed by atoms with Crippen molar-refractivity contribution in [1.29, 1.82) is 0 Å². The summed E-state index contributed by atoms with van der Waals surface area (Å²) in [6.07, 6.45) is 1.22. The van der Waals surface area contributed by atoms with E-state index in [0.29, 0.717) is 0 Å². The Hall–Kier alpha value is -2.29. The molecule has 0 saturated heterocycles. The molecule has 0 radical (unpaired) electrons. The van der Waals surface area contributed by atoms with Gasteiger partial charge >= 0.3 is 0 Å². The van der Waals surface area contributed by atoms with Gasteiger partial charge in [-0.1, -0.05) is 48.5 Å². The van der Waals surface area contributed by atoms with Crippen molar-refractivity contribution >= 4 is 11.6 Å². The van der Waals surface area contributed by atoms with E-state index in [2.05, 4.69) is 17.4 Å². The predicted octanol–water partition coefficient (Wildman–Crippen LogP) is 2.37. The maximum Gasteiger partial charge on any atom is 0.221 e. The first-order chi connectivity index (χ1) is 9.25. The van der Waals surface area contributed by atoms with Gasteiger partial charge in [0.25, 0.3) is 0 Å². The third kappa shape index (κ3) is 4.14. The highest BCUT2D eigenvalue weighted by Gasteiger charge is 2.04. The summed E-state index contributed by atoms with van der Waals surface area (Å²) in [7, 11) is 0. The summed E-state index contributed by atoms with van der Waals surface area (Å²) in [6, 6.07) is 18.1. The van der Waals surface area contributed by atoms with Crippen LogP contribution in [0.1, 0.15) is 11.1 Å². The van der Waals surface area contributed by atoms with E-state index < -0.39 is 0 Å². The van der Waals surface area contributed by atoms with Crippen LogP contribution in [0, 0.1) is 0 Å². The quantitative estimate of drug-likeness (QED) is 0.831. The van der Waals surface area contributed by atoms with Gasteiger partial charge in [0.15, 0.2) is 0 Å². The maximum absolute atomic E-state index is 11.0. The Morgan fingerprint density at radius 2 is 1.68 bits per heavy atom. The van der Waals surface area contributed by atoms with Gasteiger partial charge in [0.1, 0.15) is 0 Å². The minimum Gasteiger partial charge on any atom is -0.384 e. The minimum atomic E-state index is -0.308. The first kappa shape index (κ1) is 13.1. The summed E-state index contributed by atoms with van der Waals surface area (Å²) in [4.78, 5) is 11.0. The Morgan fingerprint density at radius 1 is 1.00 bits per heavy atom. The van der Waals surface area contributed by atoms with E-state index in [-0.39, 0.29) is 12.3 Å². The van der Waals surface area contributed by atoms with Gasteiger partial charge in [-0.05, 0) is 23.6 Å². The number of hydrogen-bond acceptors (Lipinski definition) is 2. The van der Waals surface area contributed by atoms with E-state index in [9.17, 15) is 4.79 Å². The molecule has 0 fully saturated rings. The third-order valence-electron chi connectivity index (χ3n) is 2.95. The first-order valence-corrected chi connectivity index (χ1v) is 6.40. The van der Waals surface area contributed by atoms with Crippen LogP contribution in [-0.4, -0.2) is 12.5 Å². The van der Waals surface area contributed by atoms with E-state index >= 15 is 0 Å². The largest absolute Gasteiger partial charge is 0.384 e. The number of carbonyl (C=O) groups excluding carboxylic acids is 1. The second kappa shape index (κ2) is 6.59. The van der Waals surface area contributed by atoms with Crippen molar-refractivity contribution in [2.75, 3.05) is 11.9 Å². The molecule has 3 heteroatoms. The summed E-state index contributed by atoms with van der Waals surface area (Å²) < 4.78 is 0. The molecule has 2 aromatic rings. The third-order valence-corrected chi connectivity index (χ3v) is 2.95. The molecule has 0 unspecified atom stereocenters. The molecule has 0 bridgehead atoms. The average molecular weight is 254 g/mol. The average Bonchev–Trinajstić information content (AvgIpc) is 2.41. The molecule has 0 aliphatic carbocycles. The number of hydrogen-bond donors (Lipinski definition) is 2. The zero-order valence-electron chi connectivity index (χ0n) is 10.8. The molecule has 0 heterocycles. The number of nitrogens with one attached hydrogen (secondary N) is 1. The summed E-state index contributed by atoms with van der Waals surface area (Å²) in [5.41, 5.74) is 8.47. The molecule has 1 amide bonds. The summed E-state index contributed by atoms with van der Waals surface area (Å²) in [5, 5.41) is 3.36. The van der Waals surface area contributed by atoms with Gasteiger partial charge in [-0.25, -0.2) is 0 Å². The standard InChI is InChI=1S/C16H18N2O/c17-16(19)12-14-8-4-5-9-15(14)18-11-10-13-6-2-1-3-7-13/h1-9,18H,10-12H2,(H2,17,19). The number of benzene rings is 2. The molecule has 0 aliphatic heterocycles. The highest BCUT2D eigenvalue weighted by molar-refractivity contribution is 5.78. The number of para-hydroxylation sites is 1. The highest BCUT2D eigenvalue weighted by Crippen LogP contribution is 2.15. The minimum absolute atomic E-state index is 0.272. The summed E-state index contributed by atoms with van der Waals surface area (Å²) in [6.45, 7) is 0.833. The molecule has 19 heavy (non-hydrogen) atoms. The van der Waals surface area contributed by atoms with Crippen LogP contribution in [-0.2, 0) is 17.6 Å². The van der Waals surface area contributed by atoms with Gasteiger partial charge in [0.05, 0.1) is 6.42 Å². The number of rotatable bonds is 6. The van der Waals surface area contributed by atoms with E-state index in [1.807, 2.05) is 42.5 Å². The number of amides is 1. The maximum atomic E-state index is 11.0. The van der Waals surface area contributed by atoms with Crippen molar-refractivity contribution in [2.24, 2.45) is 5.73 Å². The van der Waals surface area contributed by atoms with Gasteiger partial charge in [-0.15, -0.1) is 0 Å². The predicted molar refractivity (Wildman–Crippen MR) is 78.0 cm³/mol. The van der Waals surface area contributed by atoms with Gasteiger partial charge in [-0.2, -0.15) is 0 Å². The molecule has 0 aliphatic rings. The Morgan fingerprint density at radius 3 is 2.42 bits per heavy atom. The first-order valence-electron chi connectivity index (χ1n) is 6.40. The van der Waals surface area contributed by atoms with Crippen molar-refractivity contribution in [2.45, 2.75) is 12.8 Å². The van der Waals surface area contributed by atoms with Crippen LogP contribution in [0.25, 0.3) is 0 Å². The molecule has 2 aromatic carbocycles. The number of carbonyl (C=O) groups is 1. The van der Waals surface area contributed by atoms with E-state index in [1.54, 1.807) is 0 Å². The van der Waals surface area contributed by atoms with Gasteiger partial charge in [0.2, 0.25) is 5.91 Å². The Bertz CT molecular complexity index is 537. The molecule has 0 spiro atoms. The van der Waals surface area contributed by atoms with E-state index in [0.717, 1.165) is 24.2 Å². The second-order valence-corrected chi connectivity index (χ2v) is 4.46. The number of primary amides is 1. The monoisotopic (exact) mass is 254 g/mol. The summed E-state index contributed by atoms with van der Waals surface area (Å²) in [5.74, 6) is -0.308. The zero-order valence-corrected chi connectivity index (χ0v) is 10.8. The van der Waals surface area contributed by atoms with Crippen molar-refractivity contribution in [3.05, 3.63) is 65.7 Å². The second-order valence-electron chi connectivity index (χ2n) is 4.46. The smallest absolute Gasteiger partial charge is 0.221 e. The fourth-order valence-electron chi connectivity index (χ4n) is 2.02. The molecule has 98 valence electrons. The van der Waals surface area contributed by atoms with Crippen LogP contribution in [0.2, 0.25) is 0 Å². The van der Waals surface area contributed by atoms with Crippen LogP contribution in [0.3, 0.4) is 0 Å². The van der Waals surface area contributed by atoms with Crippen LogP contribution in [0.4, 0.5) is 5.69 Å². The lowest BCUT2D eigenvalue weighted by molar-refractivity contribution is -0.117. The molecular formula is C16H18N2O. The fraction of sp³-hybridized carbons (Fsp3) is 0.188. The number of nitrogens with two attached hydrogens (primary N) is 1. The van der Waals surface area contributed by atoms with Gasteiger partial charge < -0.3 is 11.1 Å². The lowest BCUT2D eigenvalue weighted by Gasteiger charge is -2.11. The lowest BCUT2D eigenvalue weighted by Crippen LogP contribution is -2.15.